The number of benzene rings is 1. The average Bonchev–Trinajstić information content (AvgIpc) is 2.68. The minimum atomic E-state index is -0.500. The van der Waals surface area contributed by atoms with Gasteiger partial charge in [0.2, 0.25) is 5.88 Å². The van der Waals surface area contributed by atoms with E-state index in [1.54, 1.807) is 18.6 Å². The Hall–Kier alpha value is -2.47. The largest absolute Gasteiger partial charge is 0.471 e. The molecule has 1 fully saturated rings. The minimum absolute atomic E-state index is 0.0274. The molecule has 1 saturated heterocycles. The molecule has 130 valence electrons. The molecule has 0 radical (unpaired) electrons. The van der Waals surface area contributed by atoms with E-state index in [0.29, 0.717) is 19.0 Å². The molecule has 0 aliphatic carbocycles. The summed E-state index contributed by atoms with van der Waals surface area (Å²) in [5, 5.41) is 0. The minimum Gasteiger partial charge on any atom is -0.471 e. The molecule has 0 bridgehead atoms. The van der Waals surface area contributed by atoms with Gasteiger partial charge in [-0.05, 0) is 30.4 Å². The zero-order chi connectivity index (χ0) is 17.1. The molecule has 6 heteroatoms. The fourth-order valence-electron chi connectivity index (χ4n) is 3.52. The zero-order valence-corrected chi connectivity index (χ0v) is 14.0. The molecule has 6 nitrogen and oxygen atoms in total. The second kappa shape index (κ2) is 7.19. The number of carbonyl (C=O) groups is 1. The van der Waals surface area contributed by atoms with Crippen molar-refractivity contribution in [2.24, 2.45) is 0 Å². The number of aromatic nitrogens is 2. The van der Waals surface area contributed by atoms with E-state index < -0.39 is 6.10 Å². The van der Waals surface area contributed by atoms with Crippen LogP contribution in [-0.4, -0.2) is 46.6 Å². The van der Waals surface area contributed by atoms with Gasteiger partial charge in [0.15, 0.2) is 6.10 Å². The normalized spacial score (nSPS) is 23.0. The third kappa shape index (κ3) is 3.49. The number of ether oxygens (including phenoxy) is 2. The third-order valence-electron chi connectivity index (χ3n) is 4.73. The molecule has 4 rings (SSSR count). The van der Waals surface area contributed by atoms with Crippen LogP contribution in [0.2, 0.25) is 0 Å². The van der Waals surface area contributed by atoms with Gasteiger partial charge in [-0.3, -0.25) is 9.78 Å². The summed E-state index contributed by atoms with van der Waals surface area (Å²) in [6, 6.07) is 8.05. The maximum atomic E-state index is 13.0. The van der Waals surface area contributed by atoms with E-state index >= 15 is 0 Å². The van der Waals surface area contributed by atoms with Crippen molar-refractivity contribution in [3.8, 4) is 5.88 Å². The molecule has 0 spiro atoms. The van der Waals surface area contributed by atoms with Gasteiger partial charge in [0.05, 0.1) is 19.3 Å². The Morgan fingerprint density at radius 1 is 1.28 bits per heavy atom. The lowest BCUT2D eigenvalue weighted by Gasteiger charge is -2.36. The summed E-state index contributed by atoms with van der Waals surface area (Å²) in [7, 11) is 0. The maximum Gasteiger partial charge on any atom is 0.256 e. The van der Waals surface area contributed by atoms with Crippen LogP contribution in [0.25, 0.3) is 0 Å². The van der Waals surface area contributed by atoms with E-state index in [9.17, 15) is 4.79 Å². The van der Waals surface area contributed by atoms with Crippen molar-refractivity contribution < 1.29 is 14.3 Å². The zero-order valence-electron chi connectivity index (χ0n) is 14.0. The Labute approximate surface area is 146 Å². The van der Waals surface area contributed by atoms with Gasteiger partial charge in [0.25, 0.3) is 5.91 Å². The summed E-state index contributed by atoms with van der Waals surface area (Å²) in [6.45, 7) is 1.87. The van der Waals surface area contributed by atoms with Crippen LogP contribution >= 0.6 is 0 Å². The quantitative estimate of drug-likeness (QED) is 0.857. The van der Waals surface area contributed by atoms with Crippen molar-refractivity contribution in [2.45, 2.75) is 31.5 Å². The highest BCUT2D eigenvalue weighted by Gasteiger charge is 2.33. The van der Waals surface area contributed by atoms with Gasteiger partial charge in [0.1, 0.15) is 6.10 Å². The molecule has 1 amide bonds. The van der Waals surface area contributed by atoms with Crippen LogP contribution in [0.4, 0.5) is 0 Å². The second-order valence-corrected chi connectivity index (χ2v) is 6.41. The molecule has 1 aromatic heterocycles. The molecule has 2 aliphatic rings. The Bertz CT molecular complexity index is 738. The smallest absolute Gasteiger partial charge is 0.256 e. The highest BCUT2D eigenvalue weighted by molar-refractivity contribution is 5.83. The van der Waals surface area contributed by atoms with E-state index in [4.69, 9.17) is 9.47 Å². The van der Waals surface area contributed by atoms with Crippen molar-refractivity contribution in [3.63, 3.8) is 0 Å². The number of carbonyl (C=O) groups excluding carboxylic acids is 1. The van der Waals surface area contributed by atoms with Crippen LogP contribution in [0.1, 0.15) is 30.1 Å². The summed E-state index contributed by atoms with van der Waals surface area (Å²) < 4.78 is 11.7. The van der Waals surface area contributed by atoms with Crippen LogP contribution < -0.4 is 4.74 Å². The number of hydrogen-bond acceptors (Lipinski definition) is 5. The fraction of sp³-hybridized carbons (Fsp3) is 0.421. The molecular formula is C19H21N3O3. The molecule has 25 heavy (non-hydrogen) atoms. The Kier molecular flexibility index (Phi) is 4.61. The van der Waals surface area contributed by atoms with Gasteiger partial charge in [-0.1, -0.05) is 24.3 Å². The number of nitrogens with zero attached hydrogens (tertiary/aromatic N) is 3. The molecule has 3 heterocycles. The summed E-state index contributed by atoms with van der Waals surface area (Å²) in [5.41, 5.74) is 2.20. The molecular weight excluding hydrogens is 318 g/mol. The highest BCUT2D eigenvalue weighted by Crippen LogP contribution is 2.29. The lowest BCUT2D eigenvalue weighted by molar-refractivity contribution is -0.147. The van der Waals surface area contributed by atoms with E-state index in [0.717, 1.165) is 31.4 Å². The van der Waals surface area contributed by atoms with Gasteiger partial charge in [-0.25, -0.2) is 4.98 Å². The number of likely N-dealkylation sites (tertiary alicyclic amines) is 1. The lowest BCUT2D eigenvalue weighted by Crippen LogP contribution is -2.47. The molecule has 2 atom stereocenters. The summed E-state index contributed by atoms with van der Waals surface area (Å²) in [5.74, 6) is 0.528. The van der Waals surface area contributed by atoms with Gasteiger partial charge >= 0.3 is 0 Å². The lowest BCUT2D eigenvalue weighted by atomic mass is 9.96. The number of amides is 1. The topological polar surface area (TPSA) is 64.5 Å². The fourth-order valence-corrected chi connectivity index (χ4v) is 3.52. The molecule has 1 aromatic carbocycles. The predicted octanol–water partition coefficient (Wildman–Crippen LogP) is 2.16. The molecule has 0 unspecified atom stereocenters. The van der Waals surface area contributed by atoms with E-state index in [-0.39, 0.29) is 12.0 Å². The van der Waals surface area contributed by atoms with Crippen LogP contribution in [0.5, 0.6) is 5.88 Å². The van der Waals surface area contributed by atoms with Gasteiger partial charge < -0.3 is 14.4 Å². The first-order valence-corrected chi connectivity index (χ1v) is 8.72. The van der Waals surface area contributed by atoms with Crippen LogP contribution in [0.3, 0.4) is 0 Å². The van der Waals surface area contributed by atoms with Crippen molar-refractivity contribution >= 4 is 5.91 Å². The Morgan fingerprint density at radius 3 is 3.08 bits per heavy atom. The van der Waals surface area contributed by atoms with Gasteiger partial charge in [-0.2, -0.15) is 0 Å². The third-order valence-corrected chi connectivity index (χ3v) is 4.73. The number of hydrogen-bond donors (Lipinski definition) is 0. The van der Waals surface area contributed by atoms with Crippen molar-refractivity contribution in [1.29, 1.82) is 0 Å². The van der Waals surface area contributed by atoms with Crippen molar-refractivity contribution in [3.05, 3.63) is 54.0 Å². The van der Waals surface area contributed by atoms with Crippen molar-refractivity contribution in [1.82, 2.24) is 14.9 Å². The van der Waals surface area contributed by atoms with Crippen LogP contribution in [-0.2, 0) is 16.0 Å². The molecule has 2 aromatic rings. The summed E-state index contributed by atoms with van der Waals surface area (Å²) in [4.78, 5) is 23.1. The van der Waals surface area contributed by atoms with Crippen LogP contribution in [0, 0.1) is 0 Å². The molecule has 0 N–H and O–H groups in total. The number of rotatable bonds is 3. The molecule has 0 saturated carbocycles. The van der Waals surface area contributed by atoms with E-state index in [1.807, 2.05) is 23.1 Å². The Morgan fingerprint density at radius 2 is 2.20 bits per heavy atom. The first kappa shape index (κ1) is 16.0. The second-order valence-electron chi connectivity index (χ2n) is 6.41. The van der Waals surface area contributed by atoms with Gasteiger partial charge in [0, 0.05) is 18.9 Å². The Balaban J connectivity index is 1.46. The van der Waals surface area contributed by atoms with E-state index in [1.165, 1.54) is 5.56 Å². The SMILES string of the molecule is O=C([C@@H]1OCCc2ccccc21)N1CCC[C@@H](Oc2cnccn2)C1. The standard InChI is InChI=1S/C19H21N3O3/c23-19(18-16-6-2-1-4-14(16)7-11-24-18)22-10-3-5-15(13-22)25-17-12-20-8-9-21-17/h1-2,4,6,8-9,12,15,18H,3,5,7,10-11,13H2/t15-,18-/m1/s1. The average molecular weight is 339 g/mol. The van der Waals surface area contributed by atoms with Crippen LogP contribution in [0.15, 0.2) is 42.9 Å². The first-order chi connectivity index (χ1) is 12.3. The maximum absolute atomic E-state index is 13.0. The van der Waals surface area contributed by atoms with Gasteiger partial charge in [-0.15, -0.1) is 0 Å². The van der Waals surface area contributed by atoms with Crippen molar-refractivity contribution in [2.75, 3.05) is 19.7 Å². The first-order valence-electron chi connectivity index (χ1n) is 8.72. The summed E-state index contributed by atoms with van der Waals surface area (Å²) in [6.07, 6.45) is 6.93. The number of fused-ring (bicyclic) bond motifs is 1. The summed E-state index contributed by atoms with van der Waals surface area (Å²) >= 11 is 0. The number of piperidine rings is 1. The predicted molar refractivity (Wildman–Crippen MR) is 91.1 cm³/mol. The van der Waals surface area contributed by atoms with E-state index in [2.05, 4.69) is 16.0 Å². The highest BCUT2D eigenvalue weighted by atomic mass is 16.5. The monoisotopic (exact) mass is 339 g/mol. The molecule has 2 aliphatic heterocycles.